The van der Waals surface area contributed by atoms with Gasteiger partial charge in [-0.2, -0.15) is 0 Å². The maximum Gasteiger partial charge on any atom is 0.255 e. The summed E-state index contributed by atoms with van der Waals surface area (Å²) in [5.41, 5.74) is 2.25. The number of carbonyl (C=O) groups excluding carboxylic acids is 2. The molecule has 1 unspecified atom stereocenters. The van der Waals surface area contributed by atoms with Gasteiger partial charge in [-0.3, -0.25) is 14.6 Å². The highest BCUT2D eigenvalue weighted by Crippen LogP contribution is 2.32. The van der Waals surface area contributed by atoms with E-state index < -0.39 is 6.67 Å². The number of nitrogens with zero attached hydrogens (tertiary/aromatic N) is 2. The summed E-state index contributed by atoms with van der Waals surface area (Å²) in [6, 6.07) is 6.93. The Morgan fingerprint density at radius 3 is 2.72 bits per heavy atom. The summed E-state index contributed by atoms with van der Waals surface area (Å²) in [5.74, 6) is 0.886. The van der Waals surface area contributed by atoms with E-state index >= 15 is 0 Å². The number of halogens is 1. The van der Waals surface area contributed by atoms with E-state index in [9.17, 15) is 14.0 Å². The lowest BCUT2D eigenvalue weighted by Gasteiger charge is -2.25. The molecule has 3 rings (SSSR count). The van der Waals surface area contributed by atoms with Crippen molar-refractivity contribution in [2.75, 3.05) is 26.4 Å². The van der Waals surface area contributed by atoms with E-state index in [-0.39, 0.29) is 30.9 Å². The number of benzene rings is 1. The highest BCUT2D eigenvalue weighted by molar-refractivity contribution is 6.16. The van der Waals surface area contributed by atoms with Gasteiger partial charge in [0.2, 0.25) is 0 Å². The molecular weight excluding hydrogens is 409 g/mol. The number of rotatable bonds is 12. The van der Waals surface area contributed by atoms with E-state index in [0.29, 0.717) is 28.4 Å². The van der Waals surface area contributed by atoms with Crippen molar-refractivity contribution in [3.05, 3.63) is 65.0 Å². The van der Waals surface area contributed by atoms with Crippen LogP contribution in [-0.2, 0) is 9.59 Å². The quantitative estimate of drug-likeness (QED) is 0.396. The number of alkyl halides is 1. The molecule has 0 aromatic heterocycles. The summed E-state index contributed by atoms with van der Waals surface area (Å²) < 4.78 is 17.6. The first-order valence-electron chi connectivity index (χ1n) is 10.9. The highest BCUT2D eigenvalue weighted by Gasteiger charge is 2.35. The van der Waals surface area contributed by atoms with Gasteiger partial charge >= 0.3 is 0 Å². The van der Waals surface area contributed by atoms with Crippen LogP contribution in [0.15, 0.2) is 64.5 Å². The van der Waals surface area contributed by atoms with E-state index in [1.165, 1.54) is 19.0 Å². The van der Waals surface area contributed by atoms with Crippen LogP contribution in [0, 0.1) is 5.92 Å². The zero-order valence-corrected chi connectivity index (χ0v) is 18.6. The topological polar surface area (TPSA) is 71.0 Å². The van der Waals surface area contributed by atoms with Crippen molar-refractivity contribution >= 4 is 18.4 Å². The van der Waals surface area contributed by atoms with Crippen LogP contribution in [0.1, 0.15) is 38.3 Å². The molecule has 1 atom stereocenters. The fourth-order valence-corrected chi connectivity index (χ4v) is 3.60. The summed E-state index contributed by atoms with van der Waals surface area (Å²) in [6.45, 7) is 7.62. The number of amides is 1. The van der Waals surface area contributed by atoms with Crippen LogP contribution in [-0.4, -0.2) is 49.7 Å². The van der Waals surface area contributed by atoms with Gasteiger partial charge in [0, 0.05) is 35.7 Å². The van der Waals surface area contributed by atoms with Crippen LogP contribution in [0.2, 0.25) is 0 Å². The summed E-state index contributed by atoms with van der Waals surface area (Å²) in [6.07, 6.45) is 7.18. The molecule has 1 aliphatic heterocycles. The summed E-state index contributed by atoms with van der Waals surface area (Å²) in [4.78, 5) is 31.7. The first-order valence-corrected chi connectivity index (χ1v) is 10.9. The van der Waals surface area contributed by atoms with Crippen LogP contribution in [0.25, 0.3) is 0 Å². The number of ketones is 1. The first-order chi connectivity index (χ1) is 15.5. The van der Waals surface area contributed by atoms with E-state index in [1.807, 2.05) is 19.1 Å². The number of carbonyl (C=O) groups is 2. The van der Waals surface area contributed by atoms with Crippen LogP contribution < -0.4 is 10.1 Å². The maximum absolute atomic E-state index is 13.2. The fourth-order valence-electron chi connectivity index (χ4n) is 3.60. The number of allylic oxidation sites excluding steroid dienone is 1. The van der Waals surface area contributed by atoms with Crippen LogP contribution in [0.5, 0.6) is 5.75 Å². The third-order valence-electron chi connectivity index (χ3n) is 5.72. The van der Waals surface area contributed by atoms with Crippen molar-refractivity contribution in [2.45, 2.75) is 32.7 Å². The average molecular weight is 440 g/mol. The Labute approximate surface area is 188 Å². The number of ether oxygens (including phenoxy) is 1. The van der Waals surface area contributed by atoms with Crippen molar-refractivity contribution in [1.82, 2.24) is 10.2 Å². The molecule has 1 N–H and O–H groups in total. The molecule has 7 heteroatoms. The number of hydrogen-bond acceptors (Lipinski definition) is 5. The Bertz CT molecular complexity index is 946. The molecule has 1 heterocycles. The molecular formula is C25H30FN3O3. The third kappa shape index (κ3) is 5.72. The second-order valence-corrected chi connectivity index (χ2v) is 8.11. The molecule has 1 amide bonds. The zero-order valence-electron chi connectivity index (χ0n) is 18.6. The third-order valence-corrected chi connectivity index (χ3v) is 5.72. The van der Waals surface area contributed by atoms with Gasteiger partial charge in [0.05, 0.1) is 12.6 Å². The van der Waals surface area contributed by atoms with Gasteiger partial charge in [-0.1, -0.05) is 12.1 Å². The average Bonchev–Trinajstić information content (AvgIpc) is 3.57. The predicted octanol–water partition coefficient (Wildman–Crippen LogP) is 3.92. The van der Waals surface area contributed by atoms with Gasteiger partial charge in [-0.15, -0.1) is 0 Å². The summed E-state index contributed by atoms with van der Waals surface area (Å²) in [7, 11) is 0. The number of hydrogen-bond donors (Lipinski definition) is 1. The second-order valence-electron chi connectivity index (χ2n) is 8.11. The molecule has 1 aliphatic carbocycles. The molecule has 2 aliphatic rings. The SMILES string of the molecule is C=N/C=C\C1=C(C(=O)/C(C)=C/NCC2CC2)CN(C(C)c2ccc(OCCF)cc2)C1=O. The molecule has 1 aromatic rings. The minimum atomic E-state index is -0.553. The van der Waals surface area contributed by atoms with Crippen molar-refractivity contribution < 1.29 is 18.7 Å². The minimum Gasteiger partial charge on any atom is -0.491 e. The van der Waals surface area contributed by atoms with Crippen LogP contribution in [0.4, 0.5) is 4.39 Å². The normalized spacial score (nSPS) is 17.8. The predicted molar refractivity (Wildman–Crippen MR) is 123 cm³/mol. The molecule has 1 aromatic carbocycles. The van der Waals surface area contributed by atoms with Crippen molar-refractivity contribution in [3.63, 3.8) is 0 Å². The summed E-state index contributed by atoms with van der Waals surface area (Å²) >= 11 is 0. The lowest BCUT2D eigenvalue weighted by atomic mass is 10.0. The van der Waals surface area contributed by atoms with Gasteiger partial charge in [-0.05, 0) is 63.1 Å². The van der Waals surface area contributed by atoms with Crippen molar-refractivity contribution in [3.8, 4) is 5.75 Å². The Morgan fingerprint density at radius 2 is 2.09 bits per heavy atom. The molecule has 0 saturated heterocycles. The Balaban J connectivity index is 1.76. The minimum absolute atomic E-state index is 0.00428. The summed E-state index contributed by atoms with van der Waals surface area (Å²) in [5, 5.41) is 3.21. The van der Waals surface area contributed by atoms with E-state index in [1.54, 1.807) is 36.2 Å². The standard InChI is InChI=1S/C25H30FN3O3/c1-17(14-28-15-19-4-5-19)24(30)23-16-29(25(31)22(23)10-12-27-3)18(2)20-6-8-21(9-7-20)32-13-11-26/h6-10,12,14,18-19,28H,3-5,11,13,15-16H2,1-2H3/b12-10-,17-14+. The van der Waals surface area contributed by atoms with Crippen molar-refractivity contribution in [1.29, 1.82) is 0 Å². The Kier molecular flexibility index (Phi) is 7.98. The first kappa shape index (κ1) is 23.4. The van der Waals surface area contributed by atoms with Crippen molar-refractivity contribution in [2.24, 2.45) is 10.9 Å². The lowest BCUT2D eigenvalue weighted by Crippen LogP contribution is -2.30. The van der Waals surface area contributed by atoms with Gasteiger partial charge in [0.1, 0.15) is 19.0 Å². The molecule has 1 saturated carbocycles. The molecule has 6 nitrogen and oxygen atoms in total. The highest BCUT2D eigenvalue weighted by atomic mass is 19.1. The monoisotopic (exact) mass is 439 g/mol. The van der Waals surface area contributed by atoms with E-state index in [0.717, 1.165) is 12.1 Å². The van der Waals surface area contributed by atoms with Gasteiger partial charge < -0.3 is 15.0 Å². The Morgan fingerprint density at radius 1 is 1.38 bits per heavy atom. The van der Waals surface area contributed by atoms with Crippen LogP contribution >= 0.6 is 0 Å². The molecule has 0 spiro atoms. The lowest BCUT2D eigenvalue weighted by molar-refractivity contribution is -0.127. The van der Waals surface area contributed by atoms with E-state index in [2.05, 4.69) is 17.0 Å². The molecule has 170 valence electrons. The molecule has 32 heavy (non-hydrogen) atoms. The number of nitrogens with one attached hydrogen (secondary N) is 1. The largest absolute Gasteiger partial charge is 0.491 e. The molecule has 1 fully saturated rings. The van der Waals surface area contributed by atoms with Gasteiger partial charge in [0.15, 0.2) is 5.78 Å². The maximum atomic E-state index is 13.2. The molecule has 0 bridgehead atoms. The number of Topliss-reactive ketones (excluding diaryl/α,β-unsaturated/α-hetero) is 1. The molecule has 0 radical (unpaired) electrons. The zero-order chi connectivity index (χ0) is 23.1. The van der Waals surface area contributed by atoms with E-state index in [4.69, 9.17) is 4.74 Å². The second kappa shape index (κ2) is 10.9. The van der Waals surface area contributed by atoms with Crippen LogP contribution in [0.3, 0.4) is 0 Å². The van der Waals surface area contributed by atoms with Gasteiger partial charge in [-0.25, -0.2) is 4.39 Å². The smallest absolute Gasteiger partial charge is 0.255 e. The fraction of sp³-hybridized carbons (Fsp3) is 0.400. The van der Waals surface area contributed by atoms with Gasteiger partial charge in [0.25, 0.3) is 5.91 Å². The number of aliphatic imine (C=N–C) groups is 1. The Hall–Kier alpha value is -3.22.